The SMILES string of the molecule is NC(=O)c1cnc2ccccc2c1Nc1cccc(N)c1. The number of pyridine rings is 1. The first-order valence-corrected chi connectivity index (χ1v) is 6.45. The van der Waals surface area contributed by atoms with Gasteiger partial charge in [0.15, 0.2) is 0 Å². The molecule has 0 fully saturated rings. The molecular formula is C16H14N4O. The number of hydrogen-bond donors (Lipinski definition) is 3. The fourth-order valence-corrected chi connectivity index (χ4v) is 2.22. The van der Waals surface area contributed by atoms with Gasteiger partial charge in [0.2, 0.25) is 0 Å². The Labute approximate surface area is 121 Å². The third-order valence-corrected chi connectivity index (χ3v) is 3.20. The highest BCUT2D eigenvalue weighted by Crippen LogP contribution is 2.29. The quantitative estimate of drug-likeness (QED) is 0.642. The number of aromatic nitrogens is 1. The molecule has 104 valence electrons. The number of carbonyl (C=O) groups excluding carboxylic acids is 1. The van der Waals surface area contributed by atoms with Crippen LogP contribution in [0.25, 0.3) is 10.9 Å². The number of para-hydroxylation sites is 1. The molecule has 0 atom stereocenters. The lowest BCUT2D eigenvalue weighted by Crippen LogP contribution is -2.14. The third kappa shape index (κ3) is 2.49. The number of fused-ring (bicyclic) bond motifs is 1. The van der Waals surface area contributed by atoms with Crippen molar-refractivity contribution in [3.63, 3.8) is 0 Å². The molecule has 0 saturated carbocycles. The van der Waals surface area contributed by atoms with Crippen molar-refractivity contribution in [2.75, 3.05) is 11.1 Å². The van der Waals surface area contributed by atoms with Crippen molar-refractivity contribution < 1.29 is 4.79 Å². The molecule has 3 rings (SSSR count). The first-order valence-electron chi connectivity index (χ1n) is 6.45. The second kappa shape index (κ2) is 5.13. The van der Waals surface area contributed by atoms with Crippen LogP contribution >= 0.6 is 0 Å². The van der Waals surface area contributed by atoms with E-state index in [0.29, 0.717) is 16.9 Å². The molecule has 5 heteroatoms. The molecule has 0 spiro atoms. The molecule has 3 aromatic rings. The van der Waals surface area contributed by atoms with Gasteiger partial charge in [-0.15, -0.1) is 0 Å². The number of rotatable bonds is 3. The second-order valence-corrected chi connectivity index (χ2v) is 4.68. The van der Waals surface area contributed by atoms with Crippen LogP contribution in [0.4, 0.5) is 17.1 Å². The predicted molar refractivity (Wildman–Crippen MR) is 84.4 cm³/mol. The summed E-state index contributed by atoms with van der Waals surface area (Å²) < 4.78 is 0. The van der Waals surface area contributed by atoms with Crippen molar-refractivity contribution in [1.29, 1.82) is 0 Å². The van der Waals surface area contributed by atoms with E-state index in [4.69, 9.17) is 11.5 Å². The molecule has 0 saturated heterocycles. The summed E-state index contributed by atoms with van der Waals surface area (Å²) in [5, 5.41) is 4.05. The molecule has 5 N–H and O–H groups in total. The molecular weight excluding hydrogens is 264 g/mol. The van der Waals surface area contributed by atoms with E-state index in [1.165, 1.54) is 6.20 Å². The summed E-state index contributed by atoms with van der Waals surface area (Å²) in [6.45, 7) is 0. The molecule has 5 nitrogen and oxygen atoms in total. The number of anilines is 3. The molecule has 1 amide bonds. The van der Waals surface area contributed by atoms with Crippen molar-refractivity contribution in [3.05, 3.63) is 60.3 Å². The van der Waals surface area contributed by atoms with Crippen molar-refractivity contribution in [2.24, 2.45) is 5.73 Å². The summed E-state index contributed by atoms with van der Waals surface area (Å²) in [7, 11) is 0. The Balaban J connectivity index is 2.18. The van der Waals surface area contributed by atoms with Gasteiger partial charge >= 0.3 is 0 Å². The number of benzene rings is 2. The number of carbonyl (C=O) groups is 1. The van der Waals surface area contributed by atoms with Gasteiger partial charge in [0, 0.05) is 23.0 Å². The van der Waals surface area contributed by atoms with Crippen LogP contribution in [0.2, 0.25) is 0 Å². The minimum Gasteiger partial charge on any atom is -0.399 e. The number of nitrogen functional groups attached to an aromatic ring is 1. The molecule has 0 radical (unpaired) electrons. The number of hydrogen-bond acceptors (Lipinski definition) is 4. The smallest absolute Gasteiger partial charge is 0.252 e. The van der Waals surface area contributed by atoms with E-state index < -0.39 is 5.91 Å². The van der Waals surface area contributed by atoms with Gasteiger partial charge in [-0.3, -0.25) is 9.78 Å². The average molecular weight is 278 g/mol. The summed E-state index contributed by atoms with van der Waals surface area (Å²) in [5.41, 5.74) is 14.4. The monoisotopic (exact) mass is 278 g/mol. The van der Waals surface area contributed by atoms with Gasteiger partial charge in [0.25, 0.3) is 5.91 Å². The van der Waals surface area contributed by atoms with E-state index >= 15 is 0 Å². The highest BCUT2D eigenvalue weighted by Gasteiger charge is 2.13. The van der Waals surface area contributed by atoms with Crippen LogP contribution in [-0.4, -0.2) is 10.9 Å². The Hall–Kier alpha value is -3.08. The zero-order valence-electron chi connectivity index (χ0n) is 11.2. The number of nitrogens with zero attached hydrogens (tertiary/aromatic N) is 1. The van der Waals surface area contributed by atoms with Gasteiger partial charge in [-0.1, -0.05) is 24.3 Å². The van der Waals surface area contributed by atoms with Crippen LogP contribution < -0.4 is 16.8 Å². The largest absolute Gasteiger partial charge is 0.399 e. The highest BCUT2D eigenvalue weighted by atomic mass is 16.1. The number of amides is 1. The minimum absolute atomic E-state index is 0.344. The van der Waals surface area contributed by atoms with Crippen LogP contribution in [-0.2, 0) is 0 Å². The molecule has 1 aromatic heterocycles. The van der Waals surface area contributed by atoms with E-state index in [1.54, 1.807) is 12.1 Å². The molecule has 0 aliphatic rings. The number of primary amides is 1. The summed E-state index contributed by atoms with van der Waals surface area (Å²) in [6.07, 6.45) is 1.49. The van der Waals surface area contributed by atoms with Gasteiger partial charge in [-0.05, 0) is 24.3 Å². The van der Waals surface area contributed by atoms with E-state index in [2.05, 4.69) is 10.3 Å². The number of nitrogens with one attached hydrogen (secondary N) is 1. The van der Waals surface area contributed by atoms with E-state index in [9.17, 15) is 4.79 Å². The molecule has 1 heterocycles. The summed E-state index contributed by atoms with van der Waals surface area (Å²) in [6, 6.07) is 14.9. The molecule has 0 unspecified atom stereocenters. The van der Waals surface area contributed by atoms with Crippen molar-refractivity contribution in [1.82, 2.24) is 4.98 Å². The zero-order valence-corrected chi connectivity index (χ0v) is 11.2. The van der Waals surface area contributed by atoms with E-state index in [-0.39, 0.29) is 0 Å². The van der Waals surface area contributed by atoms with Gasteiger partial charge in [0.05, 0.1) is 16.8 Å². The van der Waals surface area contributed by atoms with Crippen LogP contribution in [0.3, 0.4) is 0 Å². The molecule has 21 heavy (non-hydrogen) atoms. The average Bonchev–Trinajstić information content (AvgIpc) is 2.47. The summed E-state index contributed by atoms with van der Waals surface area (Å²) >= 11 is 0. The van der Waals surface area contributed by atoms with Gasteiger partial charge in [0.1, 0.15) is 0 Å². The Morgan fingerprint density at radius 2 is 1.90 bits per heavy atom. The Morgan fingerprint density at radius 3 is 2.67 bits per heavy atom. The Kier molecular flexibility index (Phi) is 3.16. The lowest BCUT2D eigenvalue weighted by molar-refractivity contribution is 0.100. The summed E-state index contributed by atoms with van der Waals surface area (Å²) in [4.78, 5) is 15.9. The fraction of sp³-hybridized carbons (Fsp3) is 0. The predicted octanol–water partition coefficient (Wildman–Crippen LogP) is 2.66. The van der Waals surface area contributed by atoms with Crippen LogP contribution in [0.1, 0.15) is 10.4 Å². The van der Waals surface area contributed by atoms with Gasteiger partial charge in [-0.2, -0.15) is 0 Å². The van der Waals surface area contributed by atoms with Gasteiger partial charge in [-0.25, -0.2) is 0 Å². The standard InChI is InChI=1S/C16H14N4O/c17-10-4-3-5-11(8-10)20-15-12-6-1-2-7-14(12)19-9-13(15)16(18)21/h1-9H,17H2,(H2,18,21)(H,19,20). The van der Waals surface area contributed by atoms with Crippen molar-refractivity contribution >= 4 is 33.9 Å². The van der Waals surface area contributed by atoms with Gasteiger partial charge < -0.3 is 16.8 Å². The molecule has 2 aromatic carbocycles. The first kappa shape index (κ1) is 12.9. The minimum atomic E-state index is -0.528. The highest BCUT2D eigenvalue weighted by molar-refractivity contribution is 6.07. The van der Waals surface area contributed by atoms with E-state index in [0.717, 1.165) is 16.6 Å². The molecule has 0 aliphatic heterocycles. The van der Waals surface area contributed by atoms with Crippen LogP contribution in [0.5, 0.6) is 0 Å². The Morgan fingerprint density at radius 1 is 1.10 bits per heavy atom. The van der Waals surface area contributed by atoms with Crippen LogP contribution in [0, 0.1) is 0 Å². The van der Waals surface area contributed by atoms with Crippen molar-refractivity contribution in [2.45, 2.75) is 0 Å². The maximum atomic E-state index is 11.6. The normalized spacial score (nSPS) is 10.5. The number of nitrogens with two attached hydrogens (primary N) is 2. The third-order valence-electron chi connectivity index (χ3n) is 3.20. The fourth-order valence-electron chi connectivity index (χ4n) is 2.22. The van der Waals surface area contributed by atoms with Crippen LogP contribution in [0.15, 0.2) is 54.7 Å². The maximum absolute atomic E-state index is 11.6. The Bertz CT molecular complexity index is 829. The lowest BCUT2D eigenvalue weighted by Gasteiger charge is -2.13. The summed E-state index contributed by atoms with van der Waals surface area (Å²) in [5.74, 6) is -0.528. The molecule has 0 aliphatic carbocycles. The first-order chi connectivity index (χ1) is 10.1. The van der Waals surface area contributed by atoms with E-state index in [1.807, 2.05) is 36.4 Å². The second-order valence-electron chi connectivity index (χ2n) is 4.68. The topological polar surface area (TPSA) is 94.0 Å². The van der Waals surface area contributed by atoms with Crippen molar-refractivity contribution in [3.8, 4) is 0 Å². The lowest BCUT2D eigenvalue weighted by atomic mass is 10.1. The maximum Gasteiger partial charge on any atom is 0.252 e. The zero-order chi connectivity index (χ0) is 14.8. The molecule has 0 bridgehead atoms.